The van der Waals surface area contributed by atoms with Gasteiger partial charge in [0.1, 0.15) is 0 Å². The van der Waals surface area contributed by atoms with Crippen LogP contribution < -0.4 is 0 Å². The highest BCUT2D eigenvalue weighted by atomic mass is 32.1. The average Bonchev–Trinajstić information content (AvgIpc) is 4.13. The van der Waals surface area contributed by atoms with E-state index in [1.807, 2.05) is 13.0 Å². The van der Waals surface area contributed by atoms with Crippen LogP contribution in [0.4, 0.5) is 0 Å². The van der Waals surface area contributed by atoms with Gasteiger partial charge in [0.25, 0.3) is 0 Å². The summed E-state index contributed by atoms with van der Waals surface area (Å²) in [5, 5.41) is 5.24. The minimum Gasteiger partial charge on any atom is -0.310 e. The van der Waals surface area contributed by atoms with Crippen molar-refractivity contribution in [3.63, 3.8) is 0 Å². The van der Waals surface area contributed by atoms with Gasteiger partial charge in [-0.1, -0.05) is 140 Å². The molecule has 0 aliphatic heterocycles. The lowest BCUT2D eigenvalue weighted by molar-refractivity contribution is 0.968. The second-order valence-electron chi connectivity index (χ2n) is 17.8. The Morgan fingerprint density at radius 3 is 1.97 bits per heavy atom. The van der Waals surface area contributed by atoms with E-state index in [2.05, 4.69) is 227 Å². The predicted octanol–water partition coefficient (Wildman–Crippen LogP) is 16.8. The van der Waals surface area contributed by atoms with E-state index in [0.29, 0.717) is 0 Å². The normalized spacial score (nSPS) is 13.9. The molecule has 3 nitrogen and oxygen atoms in total. The fourth-order valence-corrected chi connectivity index (χ4v) is 10.9. The molecule has 0 atom stereocenters. The van der Waals surface area contributed by atoms with Crippen molar-refractivity contribution < 1.29 is 0 Å². The van der Waals surface area contributed by atoms with Gasteiger partial charge >= 0.3 is 0 Å². The number of hydrogen-bond acceptors (Lipinski definition) is 0. The number of aromatic nitrogens is 3. The number of para-hydroxylation sites is 4. The molecule has 10 aromatic rings. The summed E-state index contributed by atoms with van der Waals surface area (Å²) in [6, 6.07) is 58.2. The largest absolute Gasteiger partial charge is 0.310 e. The number of rotatable bonds is 6. The Hall–Kier alpha value is -7.53. The first-order valence-electron chi connectivity index (χ1n) is 23.6. The minimum absolute atomic E-state index is 0. The van der Waals surface area contributed by atoms with Crippen molar-refractivity contribution in [3.05, 3.63) is 234 Å². The molecule has 0 N–H and O–H groups in total. The molecule has 7 aromatic carbocycles. The van der Waals surface area contributed by atoms with E-state index in [9.17, 15) is 0 Å². The molecular weight excluding hydrogens is 831 g/mol. The van der Waals surface area contributed by atoms with Crippen LogP contribution in [0.1, 0.15) is 59.8 Å². The van der Waals surface area contributed by atoms with E-state index in [4.69, 9.17) is 0 Å². The molecule has 326 valence electrons. The topological polar surface area (TPSA) is 14.8 Å². The first-order chi connectivity index (χ1) is 32.6. The molecule has 3 heterocycles. The van der Waals surface area contributed by atoms with E-state index in [1.165, 1.54) is 117 Å². The van der Waals surface area contributed by atoms with Gasteiger partial charge < -0.3 is 13.7 Å². The average molecular weight is 884 g/mol. The van der Waals surface area contributed by atoms with Gasteiger partial charge in [-0.15, -0.1) is 0 Å². The number of allylic oxidation sites excluding steroid dienone is 8. The van der Waals surface area contributed by atoms with Crippen LogP contribution in [0.25, 0.3) is 95.1 Å². The molecule has 67 heavy (non-hydrogen) atoms. The van der Waals surface area contributed by atoms with E-state index < -0.39 is 0 Å². The third-order valence-corrected chi connectivity index (χ3v) is 13.9. The van der Waals surface area contributed by atoms with Gasteiger partial charge in [-0.2, -0.15) is 13.5 Å². The van der Waals surface area contributed by atoms with Crippen LogP contribution in [0.3, 0.4) is 0 Å². The Balaban J connectivity index is 0.000000198. The Labute approximate surface area is 400 Å². The number of hydrogen-bond donors (Lipinski definition) is 0. The predicted molar refractivity (Wildman–Crippen MR) is 292 cm³/mol. The third kappa shape index (κ3) is 7.24. The zero-order valence-electron chi connectivity index (χ0n) is 38.1. The molecule has 0 unspecified atom stereocenters. The maximum Gasteiger partial charge on any atom is 0.0541 e. The van der Waals surface area contributed by atoms with Crippen LogP contribution in [0.2, 0.25) is 0 Å². The maximum atomic E-state index is 2.51. The third-order valence-electron chi connectivity index (χ3n) is 13.9. The molecule has 0 fully saturated rings. The minimum atomic E-state index is 0. The van der Waals surface area contributed by atoms with E-state index in [0.717, 1.165) is 32.1 Å². The van der Waals surface area contributed by atoms with E-state index in [1.54, 1.807) is 0 Å². The molecule has 0 radical (unpaired) electrons. The summed E-state index contributed by atoms with van der Waals surface area (Å²) >= 11 is 0. The van der Waals surface area contributed by atoms with Gasteiger partial charge in [0, 0.05) is 50.7 Å². The van der Waals surface area contributed by atoms with Crippen LogP contribution in [0.15, 0.2) is 200 Å². The van der Waals surface area contributed by atoms with Gasteiger partial charge in [0.15, 0.2) is 0 Å². The number of aryl methyl sites for hydroxylation is 2. The SMILES string of the molecule is C/C=C\C=C/c1cc2ccccc2n1C1=CCCC=C1.Cc1cccc2c1Cc1c-2cc(-c2cccc(-n3c4c(c5ccccc53)CCC=C4)c2)cc1-n1c2ccccc2c2ccccc21.S. The first kappa shape index (κ1) is 42.1. The second-order valence-corrected chi connectivity index (χ2v) is 17.8. The highest BCUT2D eigenvalue weighted by Crippen LogP contribution is 2.46. The van der Waals surface area contributed by atoms with Crippen molar-refractivity contribution in [2.45, 2.75) is 46.0 Å². The molecule has 3 aliphatic carbocycles. The lowest BCUT2D eigenvalue weighted by atomic mass is 9.96. The molecule has 0 saturated carbocycles. The monoisotopic (exact) mass is 883 g/mol. The molecule has 0 amide bonds. The molecule has 4 heteroatoms. The summed E-state index contributed by atoms with van der Waals surface area (Å²) in [7, 11) is 0. The first-order valence-corrected chi connectivity index (χ1v) is 23.6. The van der Waals surface area contributed by atoms with Crippen molar-refractivity contribution in [2.24, 2.45) is 0 Å². The Morgan fingerprint density at radius 2 is 1.21 bits per heavy atom. The molecular formula is C63H53N3S. The van der Waals surface area contributed by atoms with Gasteiger partial charge in [-0.05, 0) is 157 Å². The number of nitrogens with zero attached hydrogens (tertiary/aromatic N) is 3. The molecule has 3 aliphatic rings. The zero-order chi connectivity index (χ0) is 44.1. The Bertz CT molecular complexity index is 3650. The lowest BCUT2D eigenvalue weighted by Gasteiger charge is -2.17. The van der Waals surface area contributed by atoms with E-state index >= 15 is 0 Å². The zero-order valence-corrected chi connectivity index (χ0v) is 39.1. The molecule has 0 saturated heterocycles. The van der Waals surface area contributed by atoms with Crippen LogP contribution in [0.5, 0.6) is 0 Å². The maximum absolute atomic E-state index is 2.51. The van der Waals surface area contributed by atoms with Crippen LogP contribution in [-0.4, -0.2) is 13.7 Å². The standard InChI is InChI=1S/C44H32N2.C19H19N.H2S/c1-28-12-10-19-32-37(28)27-39-38(32)25-30(26-44(39)46-42-22-8-4-17-35(42)36-18-5-9-23-43(36)46)29-13-11-14-31(24-29)45-40-20-6-2-15-33(40)34-16-3-7-21-41(34)45;1-2-3-5-13-18-15-16-10-8-9-14-19(16)20(18)17-11-6-4-7-12-17;/h2,4-15,17-26H,3,16,27H2,1H3;2-3,5-6,8-15H,4,7H2,1H3;1H2/b;3-2-,13-5-;. The highest BCUT2D eigenvalue weighted by molar-refractivity contribution is 7.59. The van der Waals surface area contributed by atoms with Gasteiger partial charge in [-0.25, -0.2) is 0 Å². The fourth-order valence-electron chi connectivity index (χ4n) is 10.9. The van der Waals surface area contributed by atoms with Crippen molar-refractivity contribution in [1.29, 1.82) is 0 Å². The lowest BCUT2D eigenvalue weighted by Crippen LogP contribution is -2.01. The summed E-state index contributed by atoms with van der Waals surface area (Å²) in [5.74, 6) is 0. The van der Waals surface area contributed by atoms with Gasteiger partial charge in [0.2, 0.25) is 0 Å². The Morgan fingerprint density at radius 1 is 0.507 bits per heavy atom. The smallest absolute Gasteiger partial charge is 0.0541 e. The summed E-state index contributed by atoms with van der Waals surface area (Å²) in [6.45, 7) is 4.29. The van der Waals surface area contributed by atoms with Crippen LogP contribution in [-0.2, 0) is 12.8 Å². The fraction of sp³-hybridized carbons (Fsp3) is 0.111. The highest BCUT2D eigenvalue weighted by Gasteiger charge is 2.27. The summed E-state index contributed by atoms with van der Waals surface area (Å²) in [4.78, 5) is 0. The summed E-state index contributed by atoms with van der Waals surface area (Å²) in [5.41, 5.74) is 22.2. The van der Waals surface area contributed by atoms with Crippen LogP contribution >= 0.6 is 13.5 Å². The molecule has 3 aromatic heterocycles. The second kappa shape index (κ2) is 17.7. The van der Waals surface area contributed by atoms with Crippen molar-refractivity contribution in [2.75, 3.05) is 0 Å². The van der Waals surface area contributed by atoms with Gasteiger partial charge in [0.05, 0.1) is 27.8 Å². The summed E-state index contributed by atoms with van der Waals surface area (Å²) < 4.78 is 7.31. The molecule has 13 rings (SSSR count). The van der Waals surface area contributed by atoms with Gasteiger partial charge in [-0.3, -0.25) is 0 Å². The number of fused-ring (bicyclic) bond motifs is 10. The molecule has 0 bridgehead atoms. The van der Waals surface area contributed by atoms with Crippen molar-refractivity contribution >= 4 is 75.0 Å². The van der Waals surface area contributed by atoms with Crippen LogP contribution in [0, 0.1) is 6.92 Å². The quantitative estimate of drug-likeness (QED) is 0.148. The number of benzene rings is 7. The Kier molecular flexibility index (Phi) is 11.1. The van der Waals surface area contributed by atoms with E-state index in [-0.39, 0.29) is 13.5 Å². The van der Waals surface area contributed by atoms with Crippen molar-refractivity contribution in [1.82, 2.24) is 13.7 Å². The molecule has 0 spiro atoms. The summed E-state index contributed by atoms with van der Waals surface area (Å²) in [6.07, 6.45) is 25.2. The van der Waals surface area contributed by atoms with Crippen molar-refractivity contribution in [3.8, 4) is 33.6 Å².